The van der Waals surface area contributed by atoms with E-state index in [4.69, 9.17) is 0 Å². The Morgan fingerprint density at radius 3 is 2.52 bits per heavy atom. The van der Waals surface area contributed by atoms with E-state index in [0.29, 0.717) is 37.0 Å². The summed E-state index contributed by atoms with van der Waals surface area (Å²) < 4.78 is 29.4. The third kappa shape index (κ3) is 6.65. The molecule has 0 radical (unpaired) electrons. The lowest BCUT2D eigenvalue weighted by Crippen LogP contribution is -2.53. The number of aryl methyl sites for hydroxylation is 2. The van der Waals surface area contributed by atoms with Gasteiger partial charge in [0, 0.05) is 18.3 Å². The highest BCUT2D eigenvalue weighted by Crippen LogP contribution is 2.29. The van der Waals surface area contributed by atoms with Gasteiger partial charge in [-0.2, -0.15) is 9.40 Å². The zero-order valence-corrected chi connectivity index (χ0v) is 26.2. The zero-order valence-electron chi connectivity index (χ0n) is 25.4. The van der Waals surface area contributed by atoms with Gasteiger partial charge in [0.15, 0.2) is 22.2 Å². The third-order valence-corrected chi connectivity index (χ3v) is 10.6. The highest BCUT2D eigenvalue weighted by Gasteiger charge is 2.38. The van der Waals surface area contributed by atoms with Gasteiger partial charge in [0.2, 0.25) is 5.91 Å². The van der Waals surface area contributed by atoms with Gasteiger partial charge in [-0.3, -0.25) is 14.4 Å². The number of pyridine rings is 1. The van der Waals surface area contributed by atoms with Crippen LogP contribution < -0.4 is 10.6 Å². The van der Waals surface area contributed by atoms with E-state index in [1.54, 1.807) is 23.6 Å². The summed E-state index contributed by atoms with van der Waals surface area (Å²) in [4.78, 5) is 44.7. The van der Waals surface area contributed by atoms with Gasteiger partial charge in [-0.15, -0.1) is 10.2 Å². The fourth-order valence-corrected chi connectivity index (χ4v) is 7.71. The highest BCUT2D eigenvalue weighted by atomic mass is 32.2. The van der Waals surface area contributed by atoms with E-state index >= 15 is 0 Å². The number of aromatic nitrogens is 5. The molecule has 3 aromatic heterocycles. The Bertz CT molecular complexity index is 1620. The summed E-state index contributed by atoms with van der Waals surface area (Å²) in [5, 5.41) is 18.5. The van der Waals surface area contributed by atoms with Crippen LogP contribution >= 0.6 is 0 Å². The molecule has 3 atom stereocenters. The smallest absolute Gasteiger partial charge is 0.274 e. The van der Waals surface area contributed by atoms with E-state index in [0.717, 1.165) is 35.7 Å². The quantitative estimate of drug-likeness (QED) is 0.344. The average Bonchev–Trinajstić information content (AvgIpc) is 3.67. The van der Waals surface area contributed by atoms with Crippen LogP contribution in [0, 0.1) is 5.92 Å². The number of ketones is 1. The number of carbonyl (C=O) groups is 3. The number of nitrogens with one attached hydrogen (secondary N) is 2. The Morgan fingerprint density at radius 1 is 1.07 bits per heavy atom. The average molecular weight is 625 g/mol. The van der Waals surface area contributed by atoms with Crippen LogP contribution in [-0.2, 0) is 32.5 Å². The molecule has 14 heteroatoms. The summed E-state index contributed by atoms with van der Waals surface area (Å²) in [5.41, 5.74) is 2.08. The minimum Gasteiger partial charge on any atom is -0.344 e. The van der Waals surface area contributed by atoms with Crippen molar-refractivity contribution in [1.29, 1.82) is 0 Å². The first-order valence-electron chi connectivity index (χ1n) is 15.4. The van der Waals surface area contributed by atoms with Gasteiger partial charge in [-0.05, 0) is 57.1 Å². The van der Waals surface area contributed by atoms with Crippen molar-refractivity contribution >= 4 is 33.3 Å². The summed E-state index contributed by atoms with van der Waals surface area (Å²) in [6.07, 6.45) is 7.68. The van der Waals surface area contributed by atoms with Gasteiger partial charge in [0.1, 0.15) is 6.04 Å². The maximum atomic E-state index is 13.7. The van der Waals surface area contributed by atoms with Gasteiger partial charge in [-0.1, -0.05) is 45.6 Å². The van der Waals surface area contributed by atoms with Crippen molar-refractivity contribution in [3.63, 3.8) is 0 Å². The molecule has 0 spiro atoms. The lowest BCUT2D eigenvalue weighted by molar-refractivity contribution is -0.129. The van der Waals surface area contributed by atoms with Gasteiger partial charge < -0.3 is 10.6 Å². The molecule has 2 amide bonds. The van der Waals surface area contributed by atoms with Gasteiger partial charge >= 0.3 is 0 Å². The fourth-order valence-electron chi connectivity index (χ4n) is 6.15. The number of sulfonamides is 1. The van der Waals surface area contributed by atoms with E-state index in [1.807, 2.05) is 19.9 Å². The van der Waals surface area contributed by atoms with Crippen LogP contribution in [0.2, 0.25) is 0 Å². The Labute approximate surface area is 257 Å². The molecular formula is C30H40N8O5S. The molecular weight excluding hydrogens is 584 g/mol. The summed E-state index contributed by atoms with van der Waals surface area (Å²) in [7, 11) is -4.01. The molecule has 0 unspecified atom stereocenters. The number of Topliss-reactive ketones (excluding diaryl/α,β-unsaturated/α-hetero) is 1. The van der Waals surface area contributed by atoms with Gasteiger partial charge in [-0.25, -0.2) is 17.9 Å². The predicted molar refractivity (Wildman–Crippen MR) is 161 cm³/mol. The van der Waals surface area contributed by atoms with Crippen LogP contribution in [-0.4, -0.2) is 79.8 Å². The van der Waals surface area contributed by atoms with E-state index in [-0.39, 0.29) is 29.6 Å². The van der Waals surface area contributed by atoms with Crippen LogP contribution in [0.3, 0.4) is 0 Å². The summed E-state index contributed by atoms with van der Waals surface area (Å²) >= 11 is 0. The maximum Gasteiger partial charge on any atom is 0.274 e. The summed E-state index contributed by atoms with van der Waals surface area (Å²) in [5.74, 6) is -1.16. The number of hydrogen-bond acceptors (Lipinski definition) is 9. The highest BCUT2D eigenvalue weighted by molar-refractivity contribution is 7.89. The molecule has 0 aromatic carbocycles. The van der Waals surface area contributed by atoms with Crippen molar-refractivity contribution in [2.75, 3.05) is 6.54 Å². The molecule has 0 bridgehead atoms. The van der Waals surface area contributed by atoms with Crippen LogP contribution in [0.15, 0.2) is 35.5 Å². The second-order valence-corrected chi connectivity index (χ2v) is 13.5. The molecule has 13 nitrogen and oxygen atoms in total. The SMILES string of the molecule is CCc1cc2nnc(C(=O)N[C@@H](CC3CCCC3)C(=O)N[C@H]3CC[C@@H](C)N(S(=O)(=O)c4ccccn4)CC3=O)c(CC)n2n1. The summed E-state index contributed by atoms with van der Waals surface area (Å²) in [6.45, 7) is 5.24. The lowest BCUT2D eigenvalue weighted by Gasteiger charge is -2.25. The first-order valence-corrected chi connectivity index (χ1v) is 16.9. The van der Waals surface area contributed by atoms with E-state index in [1.165, 1.54) is 12.3 Å². The van der Waals surface area contributed by atoms with E-state index < -0.39 is 45.7 Å². The Kier molecular flexibility index (Phi) is 9.68. The Hall–Kier alpha value is -3.78. The minimum atomic E-state index is -4.01. The zero-order chi connectivity index (χ0) is 31.4. The minimum absolute atomic E-state index is 0.102. The molecule has 1 saturated carbocycles. The molecule has 1 aliphatic heterocycles. The van der Waals surface area contributed by atoms with Crippen LogP contribution in [0.1, 0.15) is 87.6 Å². The van der Waals surface area contributed by atoms with Crippen molar-refractivity contribution < 1.29 is 22.8 Å². The Morgan fingerprint density at radius 2 is 1.84 bits per heavy atom. The second kappa shape index (κ2) is 13.5. The number of hydrogen-bond donors (Lipinski definition) is 2. The van der Waals surface area contributed by atoms with Gasteiger partial charge in [0.05, 0.1) is 24.0 Å². The number of nitrogens with zero attached hydrogens (tertiary/aromatic N) is 6. The fraction of sp³-hybridized carbons (Fsp3) is 0.567. The van der Waals surface area contributed by atoms with Crippen molar-refractivity contribution in [3.8, 4) is 0 Å². The standard InChI is InChI=1S/C30H40N8O5S/c1-4-21-17-26-34-35-28(24(5-2)38(26)36-21)30(41)33-23(16-20-10-6-7-11-20)29(40)32-22-14-13-19(3)37(18-25(22)39)44(42,43)27-12-8-9-15-31-27/h8-9,12,15,17,19-20,22-23H,4-7,10-11,13-14,16,18H2,1-3H3,(H,32,40)(H,33,41)/t19-,22+,23+/m1/s1. The first kappa shape index (κ1) is 31.6. The van der Waals surface area contributed by atoms with E-state index in [9.17, 15) is 22.8 Å². The number of fused-ring (bicyclic) bond motifs is 1. The summed E-state index contributed by atoms with van der Waals surface area (Å²) in [6, 6.07) is 4.16. The van der Waals surface area contributed by atoms with Crippen molar-refractivity contribution in [2.45, 2.75) is 102 Å². The number of amides is 2. The topological polar surface area (TPSA) is 169 Å². The monoisotopic (exact) mass is 624 g/mol. The van der Waals surface area contributed by atoms with E-state index in [2.05, 4.69) is 30.9 Å². The van der Waals surface area contributed by atoms with Crippen LogP contribution in [0.4, 0.5) is 0 Å². The van der Waals surface area contributed by atoms with Crippen LogP contribution in [0.25, 0.3) is 5.65 Å². The molecule has 44 heavy (non-hydrogen) atoms. The second-order valence-electron chi connectivity index (χ2n) is 11.7. The largest absolute Gasteiger partial charge is 0.344 e. The Balaban J connectivity index is 1.34. The first-order chi connectivity index (χ1) is 21.1. The van der Waals surface area contributed by atoms with Crippen molar-refractivity contribution in [3.05, 3.63) is 47.5 Å². The molecule has 1 aliphatic carbocycles. The predicted octanol–water partition coefficient (Wildman–Crippen LogP) is 2.25. The molecule has 1 saturated heterocycles. The molecule has 3 aromatic rings. The molecule has 4 heterocycles. The molecule has 2 aliphatic rings. The number of rotatable bonds is 10. The molecule has 236 valence electrons. The van der Waals surface area contributed by atoms with Crippen LogP contribution in [0.5, 0.6) is 0 Å². The molecule has 2 fully saturated rings. The molecule has 2 N–H and O–H groups in total. The lowest BCUT2D eigenvalue weighted by atomic mass is 9.96. The maximum absolute atomic E-state index is 13.7. The van der Waals surface area contributed by atoms with Crippen molar-refractivity contribution in [1.82, 2.24) is 39.7 Å². The number of carbonyl (C=O) groups excluding carboxylic acids is 3. The molecule has 5 rings (SSSR count). The normalized spacial score (nSPS) is 20.8. The third-order valence-electron chi connectivity index (χ3n) is 8.69. The van der Waals surface area contributed by atoms with Gasteiger partial charge in [0.25, 0.3) is 15.9 Å². The van der Waals surface area contributed by atoms with Crippen molar-refractivity contribution in [2.24, 2.45) is 5.92 Å².